The first kappa shape index (κ1) is 27.9. The summed E-state index contributed by atoms with van der Waals surface area (Å²) in [6, 6.07) is 8.63. The van der Waals surface area contributed by atoms with E-state index < -0.39 is 0 Å². The second-order valence-corrected chi connectivity index (χ2v) is 10.00. The summed E-state index contributed by atoms with van der Waals surface area (Å²) in [7, 11) is 0. The van der Waals surface area contributed by atoms with Gasteiger partial charge in [-0.15, -0.1) is 0 Å². The molecule has 0 bridgehead atoms. The molecule has 2 aromatic carbocycles. The van der Waals surface area contributed by atoms with Crippen LogP contribution < -0.4 is 0 Å². The van der Waals surface area contributed by atoms with E-state index in [-0.39, 0.29) is 11.8 Å². The average Bonchev–Trinajstić information content (AvgIpc) is 3.12. The number of nitrogens with zero attached hydrogens (tertiary/aromatic N) is 2. The van der Waals surface area contributed by atoms with E-state index in [1.165, 1.54) is 33.4 Å². The molecule has 0 aliphatic carbocycles. The molecule has 0 unspecified atom stereocenters. The summed E-state index contributed by atoms with van der Waals surface area (Å²) >= 11 is 0. The van der Waals surface area contributed by atoms with Crippen molar-refractivity contribution in [1.29, 1.82) is 0 Å². The lowest BCUT2D eigenvalue weighted by Crippen LogP contribution is -2.36. The number of amides is 2. The lowest BCUT2D eigenvalue weighted by molar-refractivity contribution is -0.128. The zero-order chi connectivity index (χ0) is 26.9. The molecule has 3 rings (SSSR count). The van der Waals surface area contributed by atoms with Crippen molar-refractivity contribution in [1.82, 2.24) is 9.80 Å². The Morgan fingerprint density at radius 2 is 0.919 bits per heavy atom. The predicted octanol–water partition coefficient (Wildman–Crippen LogP) is 6.44. The fourth-order valence-electron chi connectivity index (χ4n) is 4.51. The van der Waals surface area contributed by atoms with Crippen LogP contribution in [0.2, 0.25) is 0 Å². The highest BCUT2D eigenvalue weighted by atomic mass is 16.2. The number of hydrogen-bond donors (Lipinski definition) is 0. The van der Waals surface area contributed by atoms with Crippen LogP contribution in [0.3, 0.4) is 0 Å². The number of rotatable bonds is 6. The molecule has 0 N–H and O–H groups in total. The van der Waals surface area contributed by atoms with Gasteiger partial charge in [-0.25, -0.2) is 0 Å². The van der Waals surface area contributed by atoms with Gasteiger partial charge in [-0.05, 0) is 92.5 Å². The maximum Gasteiger partial charge on any atom is 0.246 e. The van der Waals surface area contributed by atoms with Crippen LogP contribution in [0.1, 0.15) is 50.9 Å². The molecule has 1 fully saturated rings. The molecule has 1 aliphatic heterocycles. The van der Waals surface area contributed by atoms with E-state index >= 15 is 0 Å². The molecule has 0 saturated carbocycles. The van der Waals surface area contributed by atoms with E-state index in [0.717, 1.165) is 17.5 Å². The predicted molar refractivity (Wildman–Crippen MR) is 155 cm³/mol. The first-order valence-electron chi connectivity index (χ1n) is 13.1. The zero-order valence-corrected chi connectivity index (χ0v) is 23.2. The largest absolute Gasteiger partial charge is 0.337 e. The van der Waals surface area contributed by atoms with Gasteiger partial charge in [-0.1, -0.05) is 60.7 Å². The summed E-state index contributed by atoms with van der Waals surface area (Å²) in [6.07, 6.45) is 15.5. The monoisotopic (exact) mass is 496 g/mol. The van der Waals surface area contributed by atoms with Crippen molar-refractivity contribution >= 4 is 24.0 Å². The Bertz CT molecular complexity index is 1120. The molecular weight excluding hydrogens is 456 g/mol. The third-order valence-electron chi connectivity index (χ3n) is 7.30. The lowest BCUT2D eigenvalue weighted by atomic mass is 10.0. The van der Waals surface area contributed by atoms with Gasteiger partial charge in [-0.2, -0.15) is 0 Å². The molecule has 1 heterocycles. The minimum absolute atomic E-state index is 0.0163. The highest BCUT2D eigenvalue weighted by Crippen LogP contribution is 2.17. The van der Waals surface area contributed by atoms with E-state index in [4.69, 9.17) is 0 Å². The van der Waals surface area contributed by atoms with E-state index in [1.54, 1.807) is 24.3 Å². The highest BCUT2D eigenvalue weighted by Gasteiger charge is 2.19. The normalized spacial score (nSPS) is 15.0. The summed E-state index contributed by atoms with van der Waals surface area (Å²) < 4.78 is 0. The Kier molecular flexibility index (Phi) is 9.85. The molecule has 1 aliphatic rings. The average molecular weight is 497 g/mol. The van der Waals surface area contributed by atoms with Gasteiger partial charge in [0.1, 0.15) is 0 Å². The van der Waals surface area contributed by atoms with Crippen LogP contribution in [0.25, 0.3) is 12.2 Å². The molecule has 4 nitrogen and oxygen atoms in total. The summed E-state index contributed by atoms with van der Waals surface area (Å²) in [5.41, 5.74) is 9.97. The Morgan fingerprint density at radius 1 is 0.568 bits per heavy atom. The third kappa shape index (κ3) is 7.91. The number of benzene rings is 2. The topological polar surface area (TPSA) is 40.6 Å². The zero-order valence-electron chi connectivity index (χ0n) is 23.2. The summed E-state index contributed by atoms with van der Waals surface area (Å²) in [5.74, 6) is -0.0326. The molecule has 2 amide bonds. The van der Waals surface area contributed by atoms with E-state index in [0.29, 0.717) is 26.2 Å². The molecular formula is C33H40N2O2. The van der Waals surface area contributed by atoms with Gasteiger partial charge >= 0.3 is 0 Å². The Labute approximate surface area is 222 Å². The highest BCUT2D eigenvalue weighted by molar-refractivity contribution is 5.89. The number of aryl methyl sites for hydroxylation is 4. The van der Waals surface area contributed by atoms with E-state index in [2.05, 4.69) is 65.8 Å². The van der Waals surface area contributed by atoms with Crippen molar-refractivity contribution in [2.75, 3.05) is 26.2 Å². The fourth-order valence-corrected chi connectivity index (χ4v) is 4.51. The Balaban J connectivity index is 1.50. The molecule has 4 heteroatoms. The molecule has 0 aromatic heterocycles. The minimum atomic E-state index is -0.0163. The Hall–Kier alpha value is -3.66. The van der Waals surface area contributed by atoms with Gasteiger partial charge in [-0.3, -0.25) is 9.59 Å². The number of allylic oxidation sites excluding steroid dienone is 4. The van der Waals surface area contributed by atoms with Crippen LogP contribution in [0.15, 0.2) is 60.7 Å². The SMILES string of the molecule is Cc1cc(/C=C/C=C/C(=O)N2CCCN(C(=O)/C=C/C=C/c3cc(C)c(C)c(C)c3)CC2)cc(C)c1C. The number of carbonyl (C=O) groups excluding carboxylic acids is 2. The van der Waals surface area contributed by atoms with Crippen molar-refractivity contribution in [2.24, 2.45) is 0 Å². The summed E-state index contributed by atoms with van der Waals surface area (Å²) in [5, 5.41) is 0. The molecule has 0 radical (unpaired) electrons. The molecule has 1 saturated heterocycles. The molecule has 0 spiro atoms. The lowest BCUT2D eigenvalue weighted by Gasteiger charge is -2.20. The van der Waals surface area contributed by atoms with Crippen molar-refractivity contribution in [3.63, 3.8) is 0 Å². The Morgan fingerprint density at radius 3 is 1.27 bits per heavy atom. The van der Waals surface area contributed by atoms with E-state index in [1.807, 2.05) is 34.1 Å². The van der Waals surface area contributed by atoms with Crippen LogP contribution in [-0.4, -0.2) is 47.8 Å². The van der Waals surface area contributed by atoms with Crippen molar-refractivity contribution < 1.29 is 9.59 Å². The molecule has 37 heavy (non-hydrogen) atoms. The van der Waals surface area contributed by atoms with Crippen LogP contribution >= 0.6 is 0 Å². The number of carbonyl (C=O) groups is 2. The first-order valence-corrected chi connectivity index (χ1v) is 13.1. The second-order valence-electron chi connectivity index (χ2n) is 10.00. The third-order valence-corrected chi connectivity index (χ3v) is 7.30. The maximum atomic E-state index is 12.7. The van der Waals surface area contributed by atoms with Gasteiger partial charge in [0, 0.05) is 38.3 Å². The van der Waals surface area contributed by atoms with Gasteiger partial charge in [0.25, 0.3) is 0 Å². The maximum absolute atomic E-state index is 12.7. The van der Waals surface area contributed by atoms with Gasteiger partial charge in [0.15, 0.2) is 0 Å². The minimum Gasteiger partial charge on any atom is -0.337 e. The van der Waals surface area contributed by atoms with Gasteiger partial charge in [0.05, 0.1) is 0 Å². The standard InChI is InChI=1S/C33H40N2O2/c1-24-20-30(21-25(2)28(24)5)12-7-9-14-32(36)34-16-11-17-35(19-18-34)33(37)15-10-8-13-31-22-26(3)29(6)27(4)23-31/h7-10,12-15,20-23H,11,16-19H2,1-6H3/b12-7+,13-8+,14-9+,15-10+. The van der Waals surface area contributed by atoms with Gasteiger partial charge < -0.3 is 9.80 Å². The molecule has 0 atom stereocenters. The smallest absolute Gasteiger partial charge is 0.246 e. The number of hydrogen-bond acceptors (Lipinski definition) is 2. The van der Waals surface area contributed by atoms with Crippen molar-refractivity contribution in [2.45, 2.75) is 48.0 Å². The van der Waals surface area contributed by atoms with Crippen LogP contribution in [0, 0.1) is 41.5 Å². The van der Waals surface area contributed by atoms with Gasteiger partial charge in [0.2, 0.25) is 11.8 Å². The van der Waals surface area contributed by atoms with Crippen molar-refractivity contribution in [3.8, 4) is 0 Å². The van der Waals surface area contributed by atoms with Crippen molar-refractivity contribution in [3.05, 3.63) is 105 Å². The van der Waals surface area contributed by atoms with Crippen LogP contribution in [0.4, 0.5) is 0 Å². The van der Waals surface area contributed by atoms with Crippen LogP contribution in [-0.2, 0) is 9.59 Å². The fraction of sp³-hybridized carbons (Fsp3) is 0.333. The molecule has 194 valence electrons. The summed E-state index contributed by atoms with van der Waals surface area (Å²) in [4.78, 5) is 29.0. The second kappa shape index (κ2) is 13.0. The quantitative estimate of drug-likeness (QED) is 0.341. The van der Waals surface area contributed by atoms with Crippen LogP contribution in [0.5, 0.6) is 0 Å². The van der Waals surface area contributed by atoms with E-state index in [9.17, 15) is 9.59 Å². The first-order chi connectivity index (χ1) is 17.7. The summed E-state index contributed by atoms with van der Waals surface area (Å²) in [6.45, 7) is 15.1. The molecule has 2 aromatic rings.